The van der Waals surface area contributed by atoms with Crippen molar-refractivity contribution < 1.29 is 19.2 Å². The molecule has 1 fully saturated rings. The minimum absolute atomic E-state index is 0.0189. The van der Waals surface area contributed by atoms with Gasteiger partial charge < -0.3 is 9.64 Å². The maximum atomic E-state index is 12.1. The molecule has 1 saturated heterocycles. The highest BCUT2D eigenvalue weighted by molar-refractivity contribution is 5.89. The molecule has 0 radical (unpaired) electrons. The van der Waals surface area contributed by atoms with Crippen LogP contribution in [0.5, 0.6) is 5.75 Å². The van der Waals surface area contributed by atoms with Gasteiger partial charge in [-0.25, -0.2) is 5.48 Å². The van der Waals surface area contributed by atoms with Crippen molar-refractivity contribution in [1.82, 2.24) is 10.4 Å². The second kappa shape index (κ2) is 6.58. The Balaban J connectivity index is 2.06. The first-order chi connectivity index (χ1) is 10.1. The largest absolute Gasteiger partial charge is 0.497 e. The van der Waals surface area contributed by atoms with Gasteiger partial charge in [0.15, 0.2) is 0 Å². The van der Waals surface area contributed by atoms with Crippen molar-refractivity contribution in [1.29, 1.82) is 0 Å². The number of hydroxylamine groups is 1. The number of carbonyl (C=O) groups excluding carboxylic acids is 2. The number of likely N-dealkylation sites (tertiary alicyclic amines) is 1. The van der Waals surface area contributed by atoms with E-state index in [0.717, 1.165) is 11.3 Å². The molecule has 1 aliphatic heterocycles. The van der Waals surface area contributed by atoms with Gasteiger partial charge in [0.05, 0.1) is 26.2 Å². The first-order valence-electron chi connectivity index (χ1n) is 6.83. The number of methoxy groups -OCH3 is 1. The molecule has 0 saturated carbocycles. The molecule has 6 heteroatoms. The fraction of sp³-hybridized carbons (Fsp3) is 0.467. The van der Waals surface area contributed by atoms with Gasteiger partial charge in [0.1, 0.15) is 5.75 Å². The van der Waals surface area contributed by atoms with Crippen LogP contribution in [0.4, 0.5) is 0 Å². The normalized spacial score (nSPS) is 19.5. The summed E-state index contributed by atoms with van der Waals surface area (Å²) in [6.07, 6.45) is 0.218. The number of hydrogen-bond donors (Lipinski definition) is 1. The molecular weight excluding hydrogens is 272 g/mol. The molecule has 0 unspecified atom stereocenters. The molecule has 1 aliphatic rings. The van der Waals surface area contributed by atoms with E-state index < -0.39 is 0 Å². The Kier molecular flexibility index (Phi) is 4.80. The van der Waals surface area contributed by atoms with Crippen molar-refractivity contribution >= 4 is 11.8 Å². The average Bonchev–Trinajstić information content (AvgIpc) is 2.89. The number of nitrogens with one attached hydrogen (secondary N) is 1. The van der Waals surface area contributed by atoms with Gasteiger partial charge in [0.25, 0.3) is 0 Å². The molecule has 0 aromatic heterocycles. The summed E-state index contributed by atoms with van der Waals surface area (Å²) in [5.74, 6) is 0.138. The number of nitrogens with zero attached hydrogens (tertiary/aromatic N) is 1. The van der Waals surface area contributed by atoms with E-state index in [-0.39, 0.29) is 30.2 Å². The minimum atomic E-state index is -0.363. The van der Waals surface area contributed by atoms with Crippen molar-refractivity contribution in [2.45, 2.75) is 19.4 Å². The Labute approximate surface area is 124 Å². The molecule has 1 heterocycles. The van der Waals surface area contributed by atoms with E-state index >= 15 is 0 Å². The lowest BCUT2D eigenvalue weighted by Gasteiger charge is -2.25. The standard InChI is InChI=1S/C15H20N2O4/c1-10(11-4-6-13(20-2)7-5-11)17-9-12(8-14(17)18)15(19)16-21-3/h4-7,10,12H,8-9H2,1-3H3,(H,16,19)/t10-,12+/m0/s1. The summed E-state index contributed by atoms with van der Waals surface area (Å²) in [5, 5.41) is 0. The van der Waals surface area contributed by atoms with Gasteiger partial charge in [-0.2, -0.15) is 0 Å². The number of carbonyl (C=O) groups is 2. The molecule has 2 amide bonds. The van der Waals surface area contributed by atoms with Crippen LogP contribution in [0.1, 0.15) is 24.9 Å². The summed E-state index contributed by atoms with van der Waals surface area (Å²) >= 11 is 0. The molecule has 1 aromatic carbocycles. The average molecular weight is 292 g/mol. The topological polar surface area (TPSA) is 67.9 Å². The zero-order valence-electron chi connectivity index (χ0n) is 12.5. The first kappa shape index (κ1) is 15.3. The van der Waals surface area contributed by atoms with Gasteiger partial charge in [-0.3, -0.25) is 14.4 Å². The number of hydrogen-bond acceptors (Lipinski definition) is 4. The third-order valence-corrected chi connectivity index (χ3v) is 3.80. The van der Waals surface area contributed by atoms with Gasteiger partial charge in [0, 0.05) is 13.0 Å². The maximum absolute atomic E-state index is 12.1. The van der Waals surface area contributed by atoms with Gasteiger partial charge >= 0.3 is 0 Å². The second-order valence-electron chi connectivity index (χ2n) is 5.07. The third kappa shape index (κ3) is 3.33. The van der Waals surface area contributed by atoms with Gasteiger partial charge in [0.2, 0.25) is 11.8 Å². The summed E-state index contributed by atoms with van der Waals surface area (Å²) in [7, 11) is 2.99. The lowest BCUT2D eigenvalue weighted by molar-refractivity contribution is -0.135. The van der Waals surface area contributed by atoms with E-state index in [1.807, 2.05) is 31.2 Å². The van der Waals surface area contributed by atoms with Crippen molar-refractivity contribution in [3.8, 4) is 5.75 Å². The highest BCUT2D eigenvalue weighted by atomic mass is 16.6. The summed E-state index contributed by atoms with van der Waals surface area (Å²) in [6, 6.07) is 7.51. The molecule has 0 bridgehead atoms. The molecule has 0 spiro atoms. The molecule has 2 atom stereocenters. The smallest absolute Gasteiger partial charge is 0.248 e. The van der Waals surface area contributed by atoms with Crippen LogP contribution in [0.3, 0.4) is 0 Å². The summed E-state index contributed by atoms with van der Waals surface area (Å²) in [6.45, 7) is 2.36. The lowest BCUT2D eigenvalue weighted by Crippen LogP contribution is -2.33. The molecule has 1 aromatic rings. The molecule has 114 valence electrons. The molecule has 0 aliphatic carbocycles. The highest BCUT2D eigenvalue weighted by Crippen LogP contribution is 2.29. The number of rotatable bonds is 5. The second-order valence-corrected chi connectivity index (χ2v) is 5.07. The van der Waals surface area contributed by atoms with Gasteiger partial charge in [-0.1, -0.05) is 12.1 Å². The Hall–Kier alpha value is -2.08. The van der Waals surface area contributed by atoms with Gasteiger partial charge in [-0.05, 0) is 24.6 Å². The molecule has 21 heavy (non-hydrogen) atoms. The minimum Gasteiger partial charge on any atom is -0.497 e. The zero-order chi connectivity index (χ0) is 15.4. The van der Waals surface area contributed by atoms with Crippen molar-refractivity contribution in [3.05, 3.63) is 29.8 Å². The van der Waals surface area contributed by atoms with Crippen molar-refractivity contribution in [2.24, 2.45) is 5.92 Å². The van der Waals surface area contributed by atoms with Crippen molar-refractivity contribution in [3.63, 3.8) is 0 Å². The van der Waals surface area contributed by atoms with Crippen LogP contribution >= 0.6 is 0 Å². The molecular formula is C15H20N2O4. The number of ether oxygens (including phenoxy) is 1. The predicted octanol–water partition coefficient (Wildman–Crippen LogP) is 1.28. The van der Waals surface area contributed by atoms with Crippen LogP contribution in [-0.4, -0.2) is 37.5 Å². The van der Waals surface area contributed by atoms with Crippen molar-refractivity contribution in [2.75, 3.05) is 20.8 Å². The quantitative estimate of drug-likeness (QED) is 0.830. The van der Waals surface area contributed by atoms with Crippen LogP contribution in [0, 0.1) is 5.92 Å². The fourth-order valence-corrected chi connectivity index (χ4v) is 2.53. The van der Waals surface area contributed by atoms with E-state index in [1.165, 1.54) is 7.11 Å². The number of amides is 2. The maximum Gasteiger partial charge on any atom is 0.248 e. The first-order valence-corrected chi connectivity index (χ1v) is 6.83. The molecule has 6 nitrogen and oxygen atoms in total. The van der Waals surface area contributed by atoms with Crippen LogP contribution < -0.4 is 10.2 Å². The monoisotopic (exact) mass is 292 g/mol. The highest BCUT2D eigenvalue weighted by Gasteiger charge is 2.37. The third-order valence-electron chi connectivity index (χ3n) is 3.80. The fourth-order valence-electron chi connectivity index (χ4n) is 2.53. The SMILES string of the molecule is CONC(=O)[C@@H]1CC(=O)N([C@@H](C)c2ccc(OC)cc2)C1. The van der Waals surface area contributed by atoms with E-state index in [2.05, 4.69) is 10.3 Å². The Morgan fingerprint density at radius 3 is 2.57 bits per heavy atom. The molecule has 2 rings (SSSR count). The Morgan fingerprint density at radius 1 is 1.33 bits per heavy atom. The Bertz CT molecular complexity index is 515. The van der Waals surface area contributed by atoms with E-state index in [9.17, 15) is 9.59 Å². The van der Waals surface area contributed by atoms with E-state index in [0.29, 0.717) is 6.54 Å². The summed E-state index contributed by atoms with van der Waals surface area (Å²) < 4.78 is 5.12. The summed E-state index contributed by atoms with van der Waals surface area (Å²) in [4.78, 5) is 30.2. The zero-order valence-corrected chi connectivity index (χ0v) is 12.5. The van der Waals surface area contributed by atoms with Crippen LogP contribution in [-0.2, 0) is 14.4 Å². The van der Waals surface area contributed by atoms with E-state index in [1.54, 1.807) is 12.0 Å². The summed E-state index contributed by atoms with van der Waals surface area (Å²) in [5.41, 5.74) is 3.30. The van der Waals surface area contributed by atoms with Crippen LogP contribution in [0.25, 0.3) is 0 Å². The molecule has 1 N–H and O–H groups in total. The predicted molar refractivity (Wildman–Crippen MR) is 76.4 cm³/mol. The lowest BCUT2D eigenvalue weighted by atomic mass is 10.1. The number of benzene rings is 1. The van der Waals surface area contributed by atoms with Gasteiger partial charge in [-0.15, -0.1) is 0 Å². The van der Waals surface area contributed by atoms with Crippen LogP contribution in [0.2, 0.25) is 0 Å². The Morgan fingerprint density at radius 2 is 2.00 bits per heavy atom. The van der Waals surface area contributed by atoms with Crippen LogP contribution in [0.15, 0.2) is 24.3 Å². The van der Waals surface area contributed by atoms with E-state index in [4.69, 9.17) is 4.74 Å².